The molecule has 1 aromatic carbocycles. The largest absolute Gasteiger partial charge is 0.282 e. The zero-order valence-electron chi connectivity index (χ0n) is 12.2. The van der Waals surface area contributed by atoms with Crippen LogP contribution >= 0.6 is 46.8 Å². The standard InChI is InChI=1S/C14H13Cl2N5S2/c1-19(8-12-6-7-13(16)23-12)9-20-14(22)21(18-17-20)11-4-2-10(15)3-5-11/h2-7H,8-9H2,1H3. The normalized spacial score (nSPS) is 11.3. The van der Waals surface area contributed by atoms with Crippen molar-refractivity contribution in [3.63, 3.8) is 0 Å². The highest BCUT2D eigenvalue weighted by atomic mass is 35.5. The maximum Gasteiger partial charge on any atom is 0.221 e. The molecule has 5 nitrogen and oxygen atoms in total. The molecule has 0 bridgehead atoms. The molecule has 3 aromatic rings. The number of aromatic nitrogens is 4. The summed E-state index contributed by atoms with van der Waals surface area (Å²) in [6.07, 6.45) is 0. The molecular formula is C14H13Cl2N5S2. The smallest absolute Gasteiger partial charge is 0.221 e. The Morgan fingerprint density at radius 3 is 2.52 bits per heavy atom. The molecule has 2 aromatic heterocycles. The van der Waals surface area contributed by atoms with E-state index in [4.69, 9.17) is 35.4 Å². The second-order valence-corrected chi connectivity index (χ2v) is 7.61. The summed E-state index contributed by atoms with van der Waals surface area (Å²) in [5.74, 6) is 0. The monoisotopic (exact) mass is 385 g/mol. The Hall–Kier alpha value is -1.25. The number of hydrogen-bond acceptors (Lipinski definition) is 5. The van der Waals surface area contributed by atoms with Crippen LogP contribution in [0.4, 0.5) is 0 Å². The van der Waals surface area contributed by atoms with Gasteiger partial charge in [-0.1, -0.05) is 23.2 Å². The summed E-state index contributed by atoms with van der Waals surface area (Å²) in [6.45, 7) is 1.31. The summed E-state index contributed by atoms with van der Waals surface area (Å²) < 4.78 is 4.61. The van der Waals surface area contributed by atoms with E-state index in [-0.39, 0.29) is 0 Å². The Balaban J connectivity index is 1.74. The molecule has 0 aliphatic rings. The van der Waals surface area contributed by atoms with Gasteiger partial charge in [-0.25, -0.2) is 4.68 Å². The minimum atomic E-state index is 0.531. The van der Waals surface area contributed by atoms with Gasteiger partial charge in [0.25, 0.3) is 0 Å². The van der Waals surface area contributed by atoms with E-state index in [0.29, 0.717) is 16.5 Å². The fourth-order valence-corrected chi connectivity index (χ4v) is 3.62. The van der Waals surface area contributed by atoms with Gasteiger partial charge in [-0.15, -0.1) is 11.3 Å². The van der Waals surface area contributed by atoms with Crippen molar-refractivity contribution < 1.29 is 0 Å². The molecule has 0 spiro atoms. The van der Waals surface area contributed by atoms with Gasteiger partial charge >= 0.3 is 0 Å². The molecular weight excluding hydrogens is 373 g/mol. The third-order valence-corrected chi connectivity index (χ3v) is 4.99. The van der Waals surface area contributed by atoms with Crippen LogP contribution in [-0.2, 0) is 13.2 Å². The van der Waals surface area contributed by atoms with Crippen molar-refractivity contribution >= 4 is 46.8 Å². The minimum absolute atomic E-state index is 0.531. The van der Waals surface area contributed by atoms with Gasteiger partial charge in [-0.05, 0) is 66.1 Å². The van der Waals surface area contributed by atoms with Crippen LogP contribution in [0.25, 0.3) is 5.69 Å². The predicted octanol–water partition coefficient (Wildman–Crippen LogP) is 4.26. The first-order valence-corrected chi connectivity index (χ1v) is 8.72. The molecule has 0 fully saturated rings. The Labute approximate surface area is 152 Å². The number of rotatable bonds is 5. The van der Waals surface area contributed by atoms with Crippen LogP contribution in [0.5, 0.6) is 0 Å². The van der Waals surface area contributed by atoms with Crippen LogP contribution in [0, 0.1) is 4.77 Å². The van der Waals surface area contributed by atoms with Gasteiger partial charge in [0.15, 0.2) is 0 Å². The lowest BCUT2D eigenvalue weighted by molar-refractivity contribution is 0.244. The van der Waals surface area contributed by atoms with Crippen molar-refractivity contribution in [3.05, 3.63) is 55.4 Å². The first-order chi connectivity index (χ1) is 11.0. The van der Waals surface area contributed by atoms with Crippen molar-refractivity contribution in [3.8, 4) is 5.69 Å². The molecule has 9 heteroatoms. The van der Waals surface area contributed by atoms with Crippen LogP contribution in [0.3, 0.4) is 0 Å². The minimum Gasteiger partial charge on any atom is -0.282 e. The average molecular weight is 386 g/mol. The molecule has 0 atom stereocenters. The highest BCUT2D eigenvalue weighted by molar-refractivity contribution is 7.71. The summed E-state index contributed by atoms with van der Waals surface area (Å²) in [7, 11) is 2.00. The Kier molecular flexibility index (Phi) is 5.13. The van der Waals surface area contributed by atoms with Crippen LogP contribution in [0.15, 0.2) is 36.4 Å². The maximum absolute atomic E-state index is 5.95. The zero-order valence-corrected chi connectivity index (χ0v) is 15.3. The number of nitrogens with zero attached hydrogens (tertiary/aromatic N) is 5. The Bertz CT molecular complexity index is 853. The molecule has 0 saturated carbocycles. The lowest BCUT2D eigenvalue weighted by Crippen LogP contribution is -2.22. The van der Waals surface area contributed by atoms with Gasteiger partial charge in [-0.2, -0.15) is 4.68 Å². The highest BCUT2D eigenvalue weighted by Crippen LogP contribution is 2.22. The molecule has 0 radical (unpaired) electrons. The summed E-state index contributed by atoms with van der Waals surface area (Å²) in [6, 6.07) is 11.2. The molecule has 0 N–H and O–H groups in total. The molecule has 0 unspecified atom stereocenters. The van der Waals surface area contributed by atoms with Gasteiger partial charge in [0, 0.05) is 16.4 Å². The average Bonchev–Trinajstić information content (AvgIpc) is 3.07. The molecule has 120 valence electrons. The Morgan fingerprint density at radius 2 is 1.87 bits per heavy atom. The highest BCUT2D eigenvalue weighted by Gasteiger charge is 2.09. The second-order valence-electron chi connectivity index (χ2n) is 5.01. The zero-order chi connectivity index (χ0) is 16.4. The first kappa shape index (κ1) is 16.6. The van der Waals surface area contributed by atoms with E-state index in [1.54, 1.807) is 32.8 Å². The number of thiophene rings is 1. The van der Waals surface area contributed by atoms with Crippen molar-refractivity contribution in [2.24, 2.45) is 0 Å². The number of halogens is 2. The Morgan fingerprint density at radius 1 is 1.13 bits per heavy atom. The third kappa shape index (κ3) is 3.99. The quantitative estimate of drug-likeness (QED) is 0.615. The van der Waals surface area contributed by atoms with E-state index in [1.165, 1.54) is 4.88 Å². The summed E-state index contributed by atoms with van der Waals surface area (Å²) in [5, 5.41) is 8.92. The molecule has 0 saturated heterocycles. The lowest BCUT2D eigenvalue weighted by Gasteiger charge is -2.14. The van der Waals surface area contributed by atoms with E-state index >= 15 is 0 Å². The van der Waals surface area contributed by atoms with Gasteiger partial charge in [0.1, 0.15) is 0 Å². The van der Waals surface area contributed by atoms with E-state index < -0.39 is 0 Å². The predicted molar refractivity (Wildman–Crippen MR) is 96.0 cm³/mol. The van der Waals surface area contributed by atoms with Gasteiger partial charge in [-0.3, -0.25) is 4.90 Å². The fourth-order valence-electron chi connectivity index (χ4n) is 2.09. The van der Waals surface area contributed by atoms with E-state index in [0.717, 1.165) is 16.6 Å². The fraction of sp³-hybridized carbons (Fsp3) is 0.214. The van der Waals surface area contributed by atoms with Crippen LogP contribution in [0.2, 0.25) is 9.36 Å². The summed E-state index contributed by atoms with van der Waals surface area (Å²) in [4.78, 5) is 3.29. The van der Waals surface area contributed by atoms with Gasteiger partial charge < -0.3 is 0 Å². The summed E-state index contributed by atoms with van der Waals surface area (Å²) in [5.41, 5.74) is 0.832. The van der Waals surface area contributed by atoms with Crippen LogP contribution < -0.4 is 0 Å². The van der Waals surface area contributed by atoms with Crippen molar-refractivity contribution in [2.75, 3.05) is 7.05 Å². The SMILES string of the molecule is CN(Cc1ccc(Cl)s1)Cn1nnn(-c2ccc(Cl)cc2)c1=S. The molecule has 23 heavy (non-hydrogen) atoms. The molecule has 0 aliphatic heterocycles. The number of hydrogen-bond donors (Lipinski definition) is 0. The maximum atomic E-state index is 5.95. The summed E-state index contributed by atoms with van der Waals surface area (Å²) >= 11 is 18.9. The first-order valence-electron chi connectivity index (χ1n) is 6.74. The molecule has 3 rings (SSSR count). The van der Waals surface area contributed by atoms with E-state index in [9.17, 15) is 0 Å². The van der Waals surface area contributed by atoms with Gasteiger partial charge in [0.2, 0.25) is 4.77 Å². The van der Waals surface area contributed by atoms with E-state index in [1.807, 2.05) is 31.3 Å². The van der Waals surface area contributed by atoms with Crippen LogP contribution in [-0.4, -0.2) is 31.7 Å². The molecule has 2 heterocycles. The molecule has 0 aliphatic carbocycles. The number of tetrazole rings is 1. The van der Waals surface area contributed by atoms with Crippen molar-refractivity contribution in [2.45, 2.75) is 13.2 Å². The van der Waals surface area contributed by atoms with Crippen molar-refractivity contribution in [1.82, 2.24) is 24.7 Å². The lowest BCUT2D eigenvalue weighted by atomic mass is 10.3. The topological polar surface area (TPSA) is 38.9 Å². The van der Waals surface area contributed by atoms with E-state index in [2.05, 4.69) is 15.3 Å². The number of benzene rings is 1. The second kappa shape index (κ2) is 7.11. The third-order valence-electron chi connectivity index (χ3n) is 3.14. The van der Waals surface area contributed by atoms with Gasteiger partial charge in [0.05, 0.1) is 16.7 Å². The van der Waals surface area contributed by atoms with Crippen molar-refractivity contribution in [1.29, 1.82) is 0 Å². The molecule has 0 amide bonds. The van der Waals surface area contributed by atoms with Crippen LogP contribution in [0.1, 0.15) is 4.88 Å².